The van der Waals surface area contributed by atoms with Gasteiger partial charge in [0.2, 0.25) is 23.6 Å². The Bertz CT molecular complexity index is 1320. The molecule has 2 rings (SSSR count). The average Bonchev–Trinajstić information content (AvgIpc) is 3.02. The molecule has 0 bridgehead atoms. The molecule has 0 heterocycles. The number of fused-ring (bicyclic) bond motifs is 1. The molecule has 0 saturated carbocycles. The van der Waals surface area contributed by atoms with E-state index in [-0.39, 0.29) is 25.6 Å². The minimum atomic E-state index is -1.32. The fourth-order valence-electron chi connectivity index (χ4n) is 4.48. The highest BCUT2D eigenvalue weighted by atomic mass is 16.5. The van der Waals surface area contributed by atoms with Gasteiger partial charge in [0, 0.05) is 6.04 Å². The van der Waals surface area contributed by atoms with Crippen molar-refractivity contribution in [2.24, 2.45) is 11.7 Å². The summed E-state index contributed by atoms with van der Waals surface area (Å²) in [6, 6.07) is 9.24. The van der Waals surface area contributed by atoms with E-state index in [1.807, 2.05) is 36.4 Å². The fourth-order valence-corrected chi connectivity index (χ4v) is 4.48. The minimum absolute atomic E-state index is 0.275. The second kappa shape index (κ2) is 19.3. The molecule has 5 amide bonds. The third-order valence-corrected chi connectivity index (χ3v) is 7.10. The number of amides is 5. The Labute approximate surface area is 269 Å². The number of unbranched alkanes of at least 4 members (excludes halogenated alkanes) is 1. The summed E-state index contributed by atoms with van der Waals surface area (Å²) in [7, 11) is 0. The van der Waals surface area contributed by atoms with Gasteiger partial charge in [0.1, 0.15) is 23.9 Å². The first-order chi connectivity index (χ1) is 21.9. The summed E-state index contributed by atoms with van der Waals surface area (Å²) in [5.41, 5.74) is 5.61. The van der Waals surface area contributed by atoms with Crippen LogP contribution in [0.4, 0.5) is 0 Å². The molecule has 0 spiro atoms. The van der Waals surface area contributed by atoms with Crippen LogP contribution in [0.3, 0.4) is 0 Å². The molecule has 5 atom stereocenters. The Morgan fingerprint density at radius 2 is 1.50 bits per heavy atom. The number of carbonyl (C=O) groups is 5. The van der Waals surface area contributed by atoms with E-state index in [1.165, 1.54) is 6.92 Å². The van der Waals surface area contributed by atoms with Gasteiger partial charge in [-0.15, -0.1) is 0 Å². The first-order valence-electron chi connectivity index (χ1n) is 15.4. The van der Waals surface area contributed by atoms with Crippen LogP contribution in [0.25, 0.3) is 10.8 Å². The van der Waals surface area contributed by atoms with Gasteiger partial charge in [-0.2, -0.15) is 0 Å². The van der Waals surface area contributed by atoms with E-state index in [4.69, 9.17) is 15.6 Å². The molecule has 9 N–H and O–H groups in total. The van der Waals surface area contributed by atoms with E-state index < -0.39 is 66.4 Å². The number of rotatable bonds is 19. The Hall–Kier alpha value is -4.27. The summed E-state index contributed by atoms with van der Waals surface area (Å²) in [4.78, 5) is 64.0. The molecular formula is C32H48N6O8. The zero-order chi connectivity index (χ0) is 34.2. The summed E-state index contributed by atoms with van der Waals surface area (Å²) in [6.07, 6.45) is 0.199. The van der Waals surface area contributed by atoms with Gasteiger partial charge in [0.05, 0.1) is 19.3 Å². The maximum Gasteiger partial charge on any atom is 0.258 e. The predicted molar refractivity (Wildman–Crippen MR) is 172 cm³/mol. The summed E-state index contributed by atoms with van der Waals surface area (Å²) in [5, 5.41) is 33.7. The van der Waals surface area contributed by atoms with E-state index in [1.54, 1.807) is 26.8 Å². The van der Waals surface area contributed by atoms with Gasteiger partial charge in [0.25, 0.3) is 5.91 Å². The van der Waals surface area contributed by atoms with Crippen LogP contribution >= 0.6 is 0 Å². The number of hydrogen-bond donors (Lipinski definition) is 8. The summed E-state index contributed by atoms with van der Waals surface area (Å²) in [6.45, 7) is 5.49. The molecule has 14 nitrogen and oxygen atoms in total. The van der Waals surface area contributed by atoms with Gasteiger partial charge < -0.3 is 47.3 Å². The summed E-state index contributed by atoms with van der Waals surface area (Å²) >= 11 is 0. The molecule has 2 aromatic rings. The molecule has 0 aliphatic carbocycles. The van der Waals surface area contributed by atoms with Crippen molar-refractivity contribution in [3.8, 4) is 5.75 Å². The molecule has 14 heteroatoms. The van der Waals surface area contributed by atoms with Crippen LogP contribution in [-0.4, -0.2) is 96.3 Å². The molecule has 0 radical (unpaired) electrons. The van der Waals surface area contributed by atoms with Gasteiger partial charge in [-0.25, -0.2) is 0 Å². The quantitative estimate of drug-likeness (QED) is 0.0918. The largest absolute Gasteiger partial charge is 0.484 e. The van der Waals surface area contributed by atoms with Crippen LogP contribution in [0.5, 0.6) is 5.75 Å². The molecule has 0 saturated heterocycles. The molecule has 2 aromatic carbocycles. The molecule has 254 valence electrons. The fraction of sp³-hybridized carbons (Fsp3) is 0.531. The predicted octanol–water partition coefficient (Wildman–Crippen LogP) is -0.548. The second-order valence-corrected chi connectivity index (χ2v) is 11.5. The summed E-state index contributed by atoms with van der Waals surface area (Å²) in [5.74, 6) is -3.10. The molecule has 0 aromatic heterocycles. The van der Waals surface area contributed by atoms with E-state index in [2.05, 4.69) is 26.6 Å². The highest BCUT2D eigenvalue weighted by molar-refractivity contribution is 5.94. The SMILES string of the molecule is CC(C)[C@H](NC(=O)[C@H](CCCCN)NC(=O)COc1ccc2ccccc2c1)C(=O)NCC(=O)N[C@H](C(=O)N[C@@H](C)CO)[C@@H](C)O. The first-order valence-corrected chi connectivity index (χ1v) is 15.4. The Morgan fingerprint density at radius 3 is 2.13 bits per heavy atom. The Morgan fingerprint density at radius 1 is 0.804 bits per heavy atom. The van der Waals surface area contributed by atoms with Crippen LogP contribution in [0.2, 0.25) is 0 Å². The van der Waals surface area contributed by atoms with E-state index in [0.29, 0.717) is 25.1 Å². The lowest BCUT2D eigenvalue weighted by Crippen LogP contribution is -2.58. The van der Waals surface area contributed by atoms with Gasteiger partial charge in [-0.05, 0) is 68.5 Å². The molecule has 0 aliphatic heterocycles. The average molecular weight is 645 g/mol. The van der Waals surface area contributed by atoms with E-state index in [9.17, 15) is 29.1 Å². The van der Waals surface area contributed by atoms with Gasteiger partial charge in [-0.1, -0.05) is 44.2 Å². The summed E-state index contributed by atoms with van der Waals surface area (Å²) < 4.78 is 5.66. The normalized spacial score (nSPS) is 14.3. The number of carbonyl (C=O) groups excluding carboxylic acids is 5. The maximum absolute atomic E-state index is 13.3. The van der Waals surface area contributed by atoms with Gasteiger partial charge in [-0.3, -0.25) is 24.0 Å². The first kappa shape index (κ1) is 37.9. The highest BCUT2D eigenvalue weighted by Crippen LogP contribution is 2.20. The number of nitrogens with one attached hydrogen (secondary N) is 5. The number of aliphatic hydroxyl groups excluding tert-OH is 2. The van der Waals surface area contributed by atoms with Crippen LogP contribution in [0, 0.1) is 5.92 Å². The highest BCUT2D eigenvalue weighted by Gasteiger charge is 2.30. The minimum Gasteiger partial charge on any atom is -0.484 e. The van der Waals surface area contributed by atoms with Crippen molar-refractivity contribution < 1.29 is 38.9 Å². The van der Waals surface area contributed by atoms with Crippen LogP contribution in [0.15, 0.2) is 42.5 Å². The smallest absolute Gasteiger partial charge is 0.258 e. The number of aliphatic hydroxyl groups is 2. The lowest BCUT2D eigenvalue weighted by atomic mass is 10.0. The molecule has 46 heavy (non-hydrogen) atoms. The number of hydrogen-bond acceptors (Lipinski definition) is 9. The second-order valence-electron chi connectivity index (χ2n) is 11.5. The van der Waals surface area contributed by atoms with E-state index >= 15 is 0 Å². The Kier molecular flexibility index (Phi) is 15.9. The van der Waals surface area contributed by atoms with Crippen molar-refractivity contribution in [3.63, 3.8) is 0 Å². The van der Waals surface area contributed by atoms with Crippen molar-refractivity contribution >= 4 is 40.3 Å². The zero-order valence-electron chi connectivity index (χ0n) is 26.9. The van der Waals surface area contributed by atoms with Crippen LogP contribution in [0.1, 0.15) is 47.0 Å². The lowest BCUT2D eigenvalue weighted by molar-refractivity contribution is -0.134. The number of benzene rings is 2. The van der Waals surface area contributed by atoms with Crippen LogP contribution < -0.4 is 37.1 Å². The number of ether oxygens (including phenoxy) is 1. The monoisotopic (exact) mass is 644 g/mol. The van der Waals surface area contributed by atoms with Crippen molar-refractivity contribution in [2.75, 3.05) is 26.3 Å². The molecule has 0 aliphatic rings. The van der Waals surface area contributed by atoms with Gasteiger partial charge >= 0.3 is 0 Å². The van der Waals surface area contributed by atoms with Crippen molar-refractivity contribution in [1.29, 1.82) is 0 Å². The standard InChI is InChI=1S/C32H48N6O8/c1-19(2)28(31(44)34-16-26(41)37-29(21(4)40)32(45)35-20(3)17-39)38-30(43)25(11-7-8-14-33)36-27(42)18-46-24-13-12-22-9-5-6-10-23(22)15-24/h5-6,9-10,12-13,15,19-21,25,28-29,39-40H,7-8,11,14,16-18,33H2,1-4H3,(H,34,44)(H,35,45)(H,36,42)(H,37,41)(H,38,43)/t20-,21+,25-,28-,29-/m0/s1. The lowest BCUT2D eigenvalue weighted by Gasteiger charge is -2.26. The number of nitrogens with two attached hydrogens (primary N) is 1. The van der Waals surface area contributed by atoms with Crippen molar-refractivity contribution in [2.45, 2.75) is 77.2 Å². The molecule has 0 unspecified atom stereocenters. The zero-order valence-corrected chi connectivity index (χ0v) is 26.9. The molecular weight excluding hydrogens is 596 g/mol. The van der Waals surface area contributed by atoms with Crippen molar-refractivity contribution in [1.82, 2.24) is 26.6 Å². The Balaban J connectivity index is 1.99. The molecule has 0 fully saturated rings. The third-order valence-electron chi connectivity index (χ3n) is 7.10. The van der Waals surface area contributed by atoms with Gasteiger partial charge in [0.15, 0.2) is 6.61 Å². The topological polar surface area (TPSA) is 221 Å². The maximum atomic E-state index is 13.3. The van der Waals surface area contributed by atoms with E-state index in [0.717, 1.165) is 10.8 Å². The van der Waals surface area contributed by atoms with Crippen LogP contribution in [-0.2, 0) is 24.0 Å². The van der Waals surface area contributed by atoms with Crippen molar-refractivity contribution in [3.05, 3.63) is 42.5 Å². The third kappa shape index (κ3) is 12.6.